The third-order valence-electron chi connectivity index (χ3n) is 4.34. The number of amidine groups is 1. The smallest absolute Gasteiger partial charge is 0.266 e. The van der Waals surface area contributed by atoms with Crippen LogP contribution in [0.25, 0.3) is 6.08 Å². The summed E-state index contributed by atoms with van der Waals surface area (Å²) in [4.78, 5) is 19.1. The summed E-state index contributed by atoms with van der Waals surface area (Å²) in [5.41, 5.74) is 3.11. The van der Waals surface area contributed by atoms with Crippen LogP contribution in [-0.2, 0) is 4.79 Å². The maximum atomic E-state index is 14.5. The van der Waals surface area contributed by atoms with Crippen molar-refractivity contribution in [1.82, 2.24) is 0 Å². The second kappa shape index (κ2) is 7.00. The first-order valence-corrected chi connectivity index (χ1v) is 8.65. The quantitative estimate of drug-likeness (QED) is 0.610. The number of anilines is 1. The van der Waals surface area contributed by atoms with Crippen LogP contribution in [0, 0.1) is 12.7 Å². The van der Waals surface area contributed by atoms with Gasteiger partial charge in [-0.3, -0.25) is 9.69 Å². The molecule has 132 valence electrons. The SMILES string of the molecule is Cc1cccc(N2C(=O)/C(=C\c3ccccc3)N=C2c2ccccc2F)c1. The zero-order valence-corrected chi connectivity index (χ0v) is 14.8. The highest BCUT2D eigenvalue weighted by molar-refractivity contribution is 6.33. The highest BCUT2D eigenvalue weighted by atomic mass is 19.1. The molecule has 0 aromatic heterocycles. The van der Waals surface area contributed by atoms with Crippen molar-refractivity contribution < 1.29 is 9.18 Å². The van der Waals surface area contributed by atoms with Crippen LogP contribution in [0.5, 0.6) is 0 Å². The van der Waals surface area contributed by atoms with Crippen LogP contribution in [0.3, 0.4) is 0 Å². The number of aliphatic imine (C=N–C) groups is 1. The van der Waals surface area contributed by atoms with Crippen molar-refractivity contribution in [2.45, 2.75) is 6.92 Å². The van der Waals surface area contributed by atoms with E-state index < -0.39 is 5.82 Å². The molecule has 4 heteroatoms. The molecule has 0 N–H and O–H groups in total. The lowest BCUT2D eigenvalue weighted by molar-refractivity contribution is -0.113. The van der Waals surface area contributed by atoms with E-state index in [1.165, 1.54) is 11.0 Å². The van der Waals surface area contributed by atoms with Gasteiger partial charge in [-0.15, -0.1) is 0 Å². The summed E-state index contributed by atoms with van der Waals surface area (Å²) in [6.07, 6.45) is 1.72. The van der Waals surface area contributed by atoms with Crippen molar-refractivity contribution in [1.29, 1.82) is 0 Å². The van der Waals surface area contributed by atoms with Crippen LogP contribution in [0.2, 0.25) is 0 Å². The minimum absolute atomic E-state index is 0.275. The second-order valence-electron chi connectivity index (χ2n) is 6.34. The van der Waals surface area contributed by atoms with Crippen LogP contribution in [0.15, 0.2) is 89.6 Å². The summed E-state index contributed by atoms with van der Waals surface area (Å²) in [5.74, 6) is -0.392. The van der Waals surface area contributed by atoms with E-state index in [2.05, 4.69) is 4.99 Å². The Morgan fingerprint density at radius 3 is 2.41 bits per heavy atom. The molecule has 1 heterocycles. The molecule has 1 aliphatic rings. The van der Waals surface area contributed by atoms with E-state index in [1.807, 2.05) is 61.5 Å². The summed E-state index contributed by atoms with van der Waals surface area (Å²) in [5, 5.41) is 0. The molecule has 3 aromatic rings. The Labute approximate surface area is 157 Å². The molecule has 3 nitrogen and oxygen atoms in total. The molecule has 1 amide bonds. The van der Waals surface area contributed by atoms with Gasteiger partial charge in [0.25, 0.3) is 5.91 Å². The van der Waals surface area contributed by atoms with E-state index in [-0.39, 0.29) is 11.6 Å². The molecule has 0 aliphatic carbocycles. The van der Waals surface area contributed by atoms with E-state index in [1.54, 1.807) is 24.3 Å². The molecule has 0 fully saturated rings. The Bertz CT molecular complexity index is 1070. The van der Waals surface area contributed by atoms with Crippen LogP contribution >= 0.6 is 0 Å². The molecule has 0 atom stereocenters. The summed E-state index contributed by atoms with van der Waals surface area (Å²) in [6, 6.07) is 23.4. The summed E-state index contributed by atoms with van der Waals surface area (Å²) >= 11 is 0. The first kappa shape index (κ1) is 16.9. The van der Waals surface area contributed by atoms with Crippen molar-refractivity contribution in [3.63, 3.8) is 0 Å². The lowest BCUT2D eigenvalue weighted by Gasteiger charge is -2.19. The number of carbonyl (C=O) groups is 1. The van der Waals surface area contributed by atoms with Gasteiger partial charge < -0.3 is 0 Å². The number of aryl methyl sites for hydroxylation is 1. The minimum Gasteiger partial charge on any atom is -0.266 e. The fraction of sp³-hybridized carbons (Fsp3) is 0.0435. The molecule has 0 radical (unpaired) electrons. The molecular weight excluding hydrogens is 339 g/mol. The summed E-state index contributed by atoms with van der Waals surface area (Å²) < 4.78 is 14.5. The van der Waals surface area contributed by atoms with Crippen LogP contribution < -0.4 is 4.90 Å². The molecule has 0 saturated heterocycles. The highest BCUT2D eigenvalue weighted by Crippen LogP contribution is 2.29. The van der Waals surface area contributed by atoms with Gasteiger partial charge in [0.05, 0.1) is 11.3 Å². The number of carbonyl (C=O) groups excluding carboxylic acids is 1. The lowest BCUT2D eigenvalue weighted by atomic mass is 10.1. The lowest BCUT2D eigenvalue weighted by Crippen LogP contribution is -2.33. The van der Waals surface area contributed by atoms with Crippen molar-refractivity contribution in [3.05, 3.63) is 107 Å². The number of hydrogen-bond acceptors (Lipinski definition) is 2. The topological polar surface area (TPSA) is 32.7 Å². The van der Waals surface area contributed by atoms with E-state index >= 15 is 0 Å². The maximum Gasteiger partial charge on any atom is 0.282 e. The van der Waals surface area contributed by atoms with Crippen molar-refractivity contribution >= 4 is 23.5 Å². The second-order valence-corrected chi connectivity index (χ2v) is 6.34. The molecule has 0 unspecified atom stereocenters. The minimum atomic E-state index is -0.414. The highest BCUT2D eigenvalue weighted by Gasteiger charge is 2.33. The average Bonchev–Trinajstić information content (AvgIpc) is 2.99. The van der Waals surface area contributed by atoms with Crippen molar-refractivity contribution in [3.8, 4) is 0 Å². The summed E-state index contributed by atoms with van der Waals surface area (Å²) in [7, 11) is 0. The van der Waals surface area contributed by atoms with Gasteiger partial charge in [0, 0.05) is 0 Å². The van der Waals surface area contributed by atoms with Gasteiger partial charge in [0.1, 0.15) is 11.5 Å². The van der Waals surface area contributed by atoms with Gasteiger partial charge >= 0.3 is 0 Å². The zero-order valence-electron chi connectivity index (χ0n) is 14.8. The molecule has 3 aromatic carbocycles. The summed E-state index contributed by atoms with van der Waals surface area (Å²) in [6.45, 7) is 1.95. The van der Waals surface area contributed by atoms with Gasteiger partial charge in [-0.05, 0) is 48.4 Å². The van der Waals surface area contributed by atoms with Crippen LogP contribution in [0.4, 0.5) is 10.1 Å². The first-order valence-electron chi connectivity index (χ1n) is 8.65. The number of nitrogens with zero attached hydrogens (tertiary/aromatic N) is 2. The fourth-order valence-electron chi connectivity index (χ4n) is 3.05. The van der Waals surface area contributed by atoms with E-state index in [9.17, 15) is 9.18 Å². The molecule has 4 rings (SSSR count). The third kappa shape index (κ3) is 3.29. The van der Waals surface area contributed by atoms with Gasteiger partial charge in [-0.25, -0.2) is 9.38 Å². The van der Waals surface area contributed by atoms with Crippen molar-refractivity contribution in [2.24, 2.45) is 4.99 Å². The molecular formula is C23H17FN2O. The molecule has 27 heavy (non-hydrogen) atoms. The number of rotatable bonds is 3. The molecule has 1 aliphatic heterocycles. The van der Waals surface area contributed by atoms with Gasteiger partial charge in [0.15, 0.2) is 5.84 Å². The standard InChI is InChI=1S/C23H17FN2O/c1-16-8-7-11-18(14-16)26-22(19-12-5-6-13-20(19)24)25-21(23(26)27)15-17-9-3-2-4-10-17/h2-15H,1H3/b21-15+. The Kier molecular flexibility index (Phi) is 4.38. The van der Waals surface area contributed by atoms with Crippen LogP contribution in [-0.4, -0.2) is 11.7 Å². The largest absolute Gasteiger partial charge is 0.282 e. The number of halogens is 1. The van der Waals surface area contributed by atoms with Gasteiger partial charge in [0.2, 0.25) is 0 Å². The fourth-order valence-corrected chi connectivity index (χ4v) is 3.05. The monoisotopic (exact) mass is 356 g/mol. The Morgan fingerprint density at radius 2 is 1.67 bits per heavy atom. The predicted molar refractivity (Wildman–Crippen MR) is 106 cm³/mol. The Hall–Kier alpha value is -3.53. The molecule has 0 spiro atoms. The number of benzene rings is 3. The Balaban J connectivity index is 1.87. The molecule has 0 saturated carbocycles. The maximum absolute atomic E-state index is 14.5. The van der Waals surface area contributed by atoms with Gasteiger partial charge in [-0.1, -0.05) is 54.6 Å². The number of amides is 1. The van der Waals surface area contributed by atoms with Crippen LogP contribution in [0.1, 0.15) is 16.7 Å². The van der Waals surface area contributed by atoms with Gasteiger partial charge in [-0.2, -0.15) is 0 Å². The average molecular weight is 356 g/mol. The third-order valence-corrected chi connectivity index (χ3v) is 4.34. The van der Waals surface area contributed by atoms with Crippen molar-refractivity contribution in [2.75, 3.05) is 4.90 Å². The first-order chi connectivity index (χ1) is 13.1. The Morgan fingerprint density at radius 1 is 0.926 bits per heavy atom. The molecule has 0 bridgehead atoms. The van der Waals surface area contributed by atoms with E-state index in [0.717, 1.165) is 11.1 Å². The normalized spacial score (nSPS) is 15.3. The number of hydrogen-bond donors (Lipinski definition) is 0. The zero-order chi connectivity index (χ0) is 18.8. The predicted octanol–water partition coefficient (Wildman–Crippen LogP) is 4.97. The van der Waals surface area contributed by atoms with E-state index in [4.69, 9.17) is 0 Å². The van der Waals surface area contributed by atoms with E-state index in [0.29, 0.717) is 17.1 Å².